The van der Waals surface area contributed by atoms with Gasteiger partial charge in [-0.05, 0) is 75.6 Å². The predicted octanol–water partition coefficient (Wildman–Crippen LogP) is 4.04. The number of hydrogen-bond donors (Lipinski definition) is 2. The Hall–Kier alpha value is -3.29. The third-order valence-electron chi connectivity index (χ3n) is 6.89. The van der Waals surface area contributed by atoms with Gasteiger partial charge in [-0.2, -0.15) is 0 Å². The van der Waals surface area contributed by atoms with E-state index >= 15 is 0 Å². The fraction of sp³-hybridized carbons (Fsp3) is 0.370. The van der Waals surface area contributed by atoms with Crippen LogP contribution in [0.4, 0.5) is 11.5 Å². The molecule has 1 amide bonds. The van der Waals surface area contributed by atoms with E-state index in [1.165, 1.54) is 44.3 Å². The number of hydrogen-bond acceptors (Lipinski definition) is 6. The number of anilines is 2. The van der Waals surface area contributed by atoms with Crippen LogP contribution in [0.1, 0.15) is 41.7 Å². The van der Waals surface area contributed by atoms with Crippen molar-refractivity contribution in [3.05, 3.63) is 72.1 Å². The van der Waals surface area contributed by atoms with Crippen LogP contribution in [-0.2, 0) is 6.54 Å². The number of benzene rings is 2. The van der Waals surface area contributed by atoms with Crippen LogP contribution < -0.4 is 11.1 Å². The molecule has 2 aromatic carbocycles. The molecule has 2 aliphatic heterocycles. The smallest absolute Gasteiger partial charge is 0.278 e. The van der Waals surface area contributed by atoms with Crippen LogP contribution in [0.15, 0.2) is 60.8 Å². The average Bonchev–Trinajstić information content (AvgIpc) is 3.41. The fourth-order valence-corrected chi connectivity index (χ4v) is 5.05. The highest BCUT2D eigenvalue weighted by Crippen LogP contribution is 2.24. The first-order valence-corrected chi connectivity index (χ1v) is 12.2. The molecule has 1 aromatic heterocycles. The summed E-state index contributed by atoms with van der Waals surface area (Å²) in [6.07, 6.45) is 6.86. The number of rotatable bonds is 6. The van der Waals surface area contributed by atoms with E-state index in [9.17, 15) is 4.79 Å². The topological polar surface area (TPSA) is 87.4 Å². The van der Waals surface area contributed by atoms with E-state index < -0.39 is 0 Å². The molecular formula is C27H32N6O. The van der Waals surface area contributed by atoms with Crippen molar-refractivity contribution in [3.8, 4) is 11.3 Å². The molecule has 0 aliphatic carbocycles. The Labute approximate surface area is 201 Å². The van der Waals surface area contributed by atoms with E-state index in [4.69, 9.17) is 5.73 Å². The van der Waals surface area contributed by atoms with Gasteiger partial charge < -0.3 is 16.0 Å². The van der Waals surface area contributed by atoms with Crippen molar-refractivity contribution in [3.63, 3.8) is 0 Å². The summed E-state index contributed by atoms with van der Waals surface area (Å²) in [5.41, 5.74) is 9.63. The maximum Gasteiger partial charge on any atom is 0.278 e. The number of nitrogens with one attached hydrogen (secondary N) is 1. The molecule has 5 rings (SSSR count). The first-order valence-electron chi connectivity index (χ1n) is 12.2. The highest BCUT2D eigenvalue weighted by atomic mass is 16.1. The lowest BCUT2D eigenvalue weighted by Gasteiger charge is -2.36. The summed E-state index contributed by atoms with van der Waals surface area (Å²) in [7, 11) is 0. The summed E-state index contributed by atoms with van der Waals surface area (Å²) < 4.78 is 0. The Morgan fingerprint density at radius 1 is 1.00 bits per heavy atom. The van der Waals surface area contributed by atoms with Crippen molar-refractivity contribution in [2.45, 2.75) is 38.3 Å². The number of amides is 1. The maximum atomic E-state index is 12.8. The van der Waals surface area contributed by atoms with Crippen LogP contribution in [0.3, 0.4) is 0 Å². The van der Waals surface area contributed by atoms with Gasteiger partial charge in [0.05, 0.1) is 11.9 Å². The molecule has 2 aliphatic rings. The third-order valence-corrected chi connectivity index (χ3v) is 6.89. The van der Waals surface area contributed by atoms with E-state index in [0.29, 0.717) is 11.4 Å². The average molecular weight is 457 g/mol. The van der Waals surface area contributed by atoms with Gasteiger partial charge in [-0.3, -0.25) is 9.69 Å². The number of aromatic nitrogens is 2. The summed E-state index contributed by atoms with van der Waals surface area (Å²) >= 11 is 0. The van der Waals surface area contributed by atoms with Crippen molar-refractivity contribution in [1.29, 1.82) is 0 Å². The Kier molecular flexibility index (Phi) is 6.83. The highest BCUT2D eigenvalue weighted by Gasteiger charge is 2.26. The van der Waals surface area contributed by atoms with Gasteiger partial charge in [0, 0.05) is 23.8 Å². The van der Waals surface area contributed by atoms with Gasteiger partial charge in [-0.15, -0.1) is 0 Å². The quantitative estimate of drug-likeness (QED) is 0.582. The summed E-state index contributed by atoms with van der Waals surface area (Å²) in [6, 6.07) is 18.4. The largest absolute Gasteiger partial charge is 0.382 e. The molecule has 34 heavy (non-hydrogen) atoms. The minimum Gasteiger partial charge on any atom is -0.382 e. The van der Waals surface area contributed by atoms with Gasteiger partial charge in [0.15, 0.2) is 11.5 Å². The Bertz CT molecular complexity index is 1120. The first-order chi connectivity index (χ1) is 16.7. The minimum atomic E-state index is -0.366. The van der Waals surface area contributed by atoms with Crippen LogP contribution in [0.2, 0.25) is 0 Å². The first kappa shape index (κ1) is 22.5. The number of carbonyl (C=O) groups is 1. The molecule has 0 bridgehead atoms. The van der Waals surface area contributed by atoms with Crippen molar-refractivity contribution in [2.24, 2.45) is 0 Å². The van der Waals surface area contributed by atoms with E-state index in [0.717, 1.165) is 31.2 Å². The summed E-state index contributed by atoms with van der Waals surface area (Å²) in [5.74, 6) is -0.246. The molecule has 0 unspecified atom stereocenters. The lowest BCUT2D eigenvalue weighted by Crippen LogP contribution is -2.43. The molecule has 176 valence electrons. The van der Waals surface area contributed by atoms with E-state index in [2.05, 4.69) is 37.2 Å². The zero-order valence-electron chi connectivity index (χ0n) is 19.5. The zero-order chi connectivity index (χ0) is 23.3. The van der Waals surface area contributed by atoms with Crippen molar-refractivity contribution in [2.75, 3.05) is 37.2 Å². The third kappa shape index (κ3) is 5.26. The van der Waals surface area contributed by atoms with Crippen LogP contribution in [0.5, 0.6) is 0 Å². The van der Waals surface area contributed by atoms with Gasteiger partial charge >= 0.3 is 0 Å². The Morgan fingerprint density at radius 2 is 1.76 bits per heavy atom. The number of nitrogen functional groups attached to an aromatic ring is 1. The fourth-order valence-electron chi connectivity index (χ4n) is 5.05. The molecule has 2 saturated heterocycles. The number of likely N-dealkylation sites (tertiary alicyclic amines) is 2. The Balaban J connectivity index is 1.26. The SMILES string of the molecule is Nc1ncc(-c2cccc(CN3CCC(N4CCCC4)CC3)c2)nc1C(=O)Nc1ccccc1. The zero-order valence-corrected chi connectivity index (χ0v) is 19.5. The second-order valence-electron chi connectivity index (χ2n) is 9.26. The van der Waals surface area contributed by atoms with E-state index in [1.807, 2.05) is 42.5 Å². The molecule has 0 spiro atoms. The molecule has 3 aromatic rings. The molecular weight excluding hydrogens is 424 g/mol. The monoisotopic (exact) mass is 456 g/mol. The lowest BCUT2D eigenvalue weighted by molar-refractivity contribution is 0.102. The van der Waals surface area contributed by atoms with Crippen molar-refractivity contribution in [1.82, 2.24) is 19.8 Å². The molecule has 3 N–H and O–H groups in total. The van der Waals surface area contributed by atoms with Gasteiger partial charge in [0.25, 0.3) is 5.91 Å². The highest BCUT2D eigenvalue weighted by molar-refractivity contribution is 6.05. The van der Waals surface area contributed by atoms with Gasteiger partial charge in [0.2, 0.25) is 0 Å². The van der Waals surface area contributed by atoms with E-state index in [1.54, 1.807) is 6.20 Å². The van der Waals surface area contributed by atoms with Crippen LogP contribution in [0, 0.1) is 0 Å². The molecule has 7 nitrogen and oxygen atoms in total. The molecule has 3 heterocycles. The molecule has 2 fully saturated rings. The summed E-state index contributed by atoms with van der Waals surface area (Å²) in [6.45, 7) is 5.75. The number of nitrogens with zero attached hydrogens (tertiary/aromatic N) is 4. The summed E-state index contributed by atoms with van der Waals surface area (Å²) in [4.78, 5) is 26.8. The molecule has 0 atom stereocenters. The number of carbonyl (C=O) groups excluding carboxylic acids is 1. The van der Waals surface area contributed by atoms with E-state index in [-0.39, 0.29) is 17.4 Å². The second kappa shape index (κ2) is 10.3. The van der Waals surface area contributed by atoms with Gasteiger partial charge in [0.1, 0.15) is 0 Å². The number of nitrogens with two attached hydrogens (primary N) is 1. The molecule has 0 saturated carbocycles. The molecule has 7 heteroatoms. The normalized spacial score (nSPS) is 17.6. The van der Waals surface area contributed by atoms with Crippen LogP contribution >= 0.6 is 0 Å². The minimum absolute atomic E-state index is 0.120. The van der Waals surface area contributed by atoms with Gasteiger partial charge in [-0.1, -0.05) is 36.4 Å². The standard InChI is InChI=1S/C27H32N6O/c28-26-25(27(34)30-22-9-2-1-3-10-22)31-24(18-29-26)21-8-6-7-20(17-21)19-32-15-11-23(12-16-32)33-13-4-5-14-33/h1-3,6-10,17-18,23H,4-5,11-16,19H2,(H2,28,29)(H,30,34). The maximum absolute atomic E-state index is 12.8. The molecule has 0 radical (unpaired) electrons. The predicted molar refractivity (Wildman–Crippen MR) is 135 cm³/mol. The number of para-hydroxylation sites is 1. The lowest BCUT2D eigenvalue weighted by atomic mass is 10.0. The van der Waals surface area contributed by atoms with Gasteiger partial charge in [-0.25, -0.2) is 9.97 Å². The Morgan fingerprint density at radius 3 is 2.53 bits per heavy atom. The number of piperidine rings is 1. The second-order valence-corrected chi connectivity index (χ2v) is 9.26. The van der Waals surface area contributed by atoms with Crippen molar-refractivity contribution >= 4 is 17.4 Å². The van der Waals surface area contributed by atoms with Crippen LogP contribution in [0.25, 0.3) is 11.3 Å². The van der Waals surface area contributed by atoms with Crippen LogP contribution in [-0.4, -0.2) is 57.9 Å². The summed E-state index contributed by atoms with van der Waals surface area (Å²) in [5, 5.41) is 2.84. The van der Waals surface area contributed by atoms with Crippen molar-refractivity contribution < 1.29 is 4.79 Å².